The number of hydrogen-bond acceptors (Lipinski definition) is 5. The van der Waals surface area contributed by atoms with Crippen LogP contribution in [-0.4, -0.2) is 43.1 Å². The summed E-state index contributed by atoms with van der Waals surface area (Å²) in [6.45, 7) is 3.02. The highest BCUT2D eigenvalue weighted by Gasteiger charge is 2.50. The number of likely N-dealkylation sites (tertiary alicyclic amines) is 1. The number of piperidine rings is 1. The van der Waals surface area contributed by atoms with E-state index in [0.29, 0.717) is 32.4 Å². The highest BCUT2D eigenvalue weighted by molar-refractivity contribution is 6.03. The number of rotatable bonds is 5. The molecular formula is C20H24N2O3. The molecule has 0 bridgehead atoms. The Bertz CT molecular complexity index is 671. The molecule has 1 atom stereocenters. The van der Waals surface area contributed by atoms with Crippen molar-refractivity contribution < 1.29 is 14.3 Å². The number of ether oxygens (including phenoxy) is 1. The van der Waals surface area contributed by atoms with Crippen LogP contribution < -0.4 is 0 Å². The number of benzene rings is 1. The average Bonchev–Trinajstić information content (AvgIpc) is 3.18. The van der Waals surface area contributed by atoms with E-state index in [9.17, 15) is 9.59 Å². The molecular weight excluding hydrogens is 316 g/mol. The Kier molecular flexibility index (Phi) is 4.86. The van der Waals surface area contributed by atoms with E-state index in [1.165, 1.54) is 7.11 Å². The molecule has 132 valence electrons. The fourth-order valence-corrected chi connectivity index (χ4v) is 3.96. The highest BCUT2D eigenvalue weighted by Crippen LogP contribution is 2.42. The van der Waals surface area contributed by atoms with E-state index in [4.69, 9.17) is 9.73 Å². The predicted octanol–water partition coefficient (Wildman–Crippen LogP) is 2.71. The lowest BCUT2D eigenvalue weighted by atomic mass is 9.73. The molecule has 0 aromatic heterocycles. The molecule has 2 heterocycles. The Morgan fingerprint density at radius 3 is 2.40 bits per heavy atom. The van der Waals surface area contributed by atoms with Gasteiger partial charge in [-0.15, -0.1) is 0 Å². The van der Waals surface area contributed by atoms with E-state index in [1.54, 1.807) is 6.92 Å². The van der Waals surface area contributed by atoms with Crippen LogP contribution in [-0.2, 0) is 20.0 Å². The summed E-state index contributed by atoms with van der Waals surface area (Å²) < 4.78 is 4.96. The summed E-state index contributed by atoms with van der Waals surface area (Å²) in [6, 6.07) is 10.1. The molecule has 0 spiro atoms. The molecule has 1 fully saturated rings. The van der Waals surface area contributed by atoms with Crippen molar-refractivity contribution in [1.29, 1.82) is 0 Å². The van der Waals surface area contributed by atoms with Crippen LogP contribution in [0.2, 0.25) is 0 Å². The summed E-state index contributed by atoms with van der Waals surface area (Å²) in [5, 5.41) is 0. The Labute approximate surface area is 148 Å². The minimum Gasteiger partial charge on any atom is -0.468 e. The summed E-state index contributed by atoms with van der Waals surface area (Å²) in [7, 11) is 1.36. The standard InChI is InChI=1S/C20H24N2O3/c1-3-17(23)19(18(24)25-2)11-14-22(15-12-19)20(10-7-13-21-20)16-8-5-4-6-9-16/h4-10,13H,3,11-12,14-15H2,1-2H3. The van der Waals surface area contributed by atoms with Crippen LogP contribution in [0.5, 0.6) is 0 Å². The Balaban J connectivity index is 1.88. The van der Waals surface area contributed by atoms with Crippen molar-refractivity contribution in [2.45, 2.75) is 31.8 Å². The molecule has 2 aliphatic heterocycles. The van der Waals surface area contributed by atoms with E-state index < -0.39 is 17.0 Å². The van der Waals surface area contributed by atoms with Crippen LogP contribution in [0.4, 0.5) is 0 Å². The molecule has 5 heteroatoms. The van der Waals surface area contributed by atoms with Gasteiger partial charge in [-0.3, -0.25) is 19.5 Å². The van der Waals surface area contributed by atoms with E-state index >= 15 is 0 Å². The number of carbonyl (C=O) groups excluding carboxylic acids is 2. The molecule has 1 aromatic carbocycles. The zero-order valence-corrected chi connectivity index (χ0v) is 14.8. The SMILES string of the molecule is CCC(=O)C1(C(=O)OC)CCN(C2(c3ccccc3)C=CC=N2)CC1. The molecule has 0 aliphatic carbocycles. The van der Waals surface area contributed by atoms with Crippen molar-refractivity contribution in [2.24, 2.45) is 10.4 Å². The van der Waals surface area contributed by atoms with Crippen molar-refractivity contribution in [3.8, 4) is 0 Å². The maximum absolute atomic E-state index is 12.5. The molecule has 0 radical (unpaired) electrons. The first kappa shape index (κ1) is 17.5. The zero-order valence-electron chi connectivity index (χ0n) is 14.8. The summed E-state index contributed by atoms with van der Waals surface area (Å²) in [6.07, 6.45) is 7.11. The lowest BCUT2D eigenvalue weighted by Gasteiger charge is -2.45. The normalized spacial score (nSPS) is 25.0. The van der Waals surface area contributed by atoms with E-state index in [2.05, 4.69) is 23.1 Å². The fourth-order valence-electron chi connectivity index (χ4n) is 3.96. The summed E-state index contributed by atoms with van der Waals surface area (Å²) in [4.78, 5) is 31.8. The van der Waals surface area contributed by atoms with Crippen molar-refractivity contribution in [1.82, 2.24) is 4.90 Å². The largest absolute Gasteiger partial charge is 0.468 e. The van der Waals surface area contributed by atoms with Gasteiger partial charge >= 0.3 is 5.97 Å². The molecule has 1 aromatic rings. The van der Waals surface area contributed by atoms with Gasteiger partial charge in [0.15, 0.2) is 5.66 Å². The summed E-state index contributed by atoms with van der Waals surface area (Å²) >= 11 is 0. The van der Waals surface area contributed by atoms with Crippen molar-refractivity contribution >= 4 is 18.0 Å². The monoisotopic (exact) mass is 340 g/mol. The van der Waals surface area contributed by atoms with Gasteiger partial charge in [0.05, 0.1) is 7.11 Å². The first-order valence-electron chi connectivity index (χ1n) is 8.74. The number of carbonyl (C=O) groups is 2. The smallest absolute Gasteiger partial charge is 0.319 e. The van der Waals surface area contributed by atoms with Gasteiger partial charge in [0.1, 0.15) is 11.2 Å². The quantitative estimate of drug-likeness (QED) is 0.611. The van der Waals surface area contributed by atoms with Crippen LogP contribution in [0.1, 0.15) is 31.7 Å². The third-order valence-electron chi connectivity index (χ3n) is 5.41. The number of allylic oxidation sites excluding steroid dienone is 1. The van der Waals surface area contributed by atoms with Crippen LogP contribution in [0.3, 0.4) is 0 Å². The zero-order chi connectivity index (χ0) is 17.9. The van der Waals surface area contributed by atoms with Crippen molar-refractivity contribution in [3.05, 3.63) is 48.0 Å². The number of esters is 1. The van der Waals surface area contributed by atoms with Gasteiger partial charge in [0.25, 0.3) is 0 Å². The minimum atomic E-state index is -1.01. The van der Waals surface area contributed by atoms with Crippen LogP contribution in [0.15, 0.2) is 47.5 Å². The van der Waals surface area contributed by atoms with E-state index in [-0.39, 0.29) is 5.78 Å². The molecule has 3 rings (SSSR count). The number of Topliss-reactive ketones (excluding diaryl/α,β-unsaturated/α-hetero) is 1. The third kappa shape index (κ3) is 2.82. The Hall–Kier alpha value is -2.27. The molecule has 1 unspecified atom stereocenters. The van der Waals surface area contributed by atoms with Crippen LogP contribution in [0, 0.1) is 5.41 Å². The summed E-state index contributed by atoms with van der Waals surface area (Å²) in [5.74, 6) is -0.434. The van der Waals surface area contributed by atoms with Crippen molar-refractivity contribution in [3.63, 3.8) is 0 Å². The second kappa shape index (κ2) is 6.92. The maximum Gasteiger partial charge on any atom is 0.319 e. The topological polar surface area (TPSA) is 59.0 Å². The maximum atomic E-state index is 12.5. The van der Waals surface area contributed by atoms with Gasteiger partial charge in [-0.2, -0.15) is 0 Å². The third-order valence-corrected chi connectivity index (χ3v) is 5.41. The van der Waals surface area contributed by atoms with Gasteiger partial charge in [-0.05, 0) is 30.6 Å². The van der Waals surface area contributed by atoms with Gasteiger partial charge in [-0.1, -0.05) is 37.3 Å². The molecule has 25 heavy (non-hydrogen) atoms. The lowest BCUT2D eigenvalue weighted by molar-refractivity contribution is -0.162. The van der Waals surface area contributed by atoms with Crippen molar-refractivity contribution in [2.75, 3.05) is 20.2 Å². The Morgan fingerprint density at radius 2 is 1.88 bits per heavy atom. The molecule has 2 aliphatic rings. The molecule has 0 N–H and O–H groups in total. The number of methoxy groups -OCH3 is 1. The lowest BCUT2D eigenvalue weighted by Crippen LogP contribution is -2.54. The van der Waals surface area contributed by atoms with Crippen LogP contribution in [0.25, 0.3) is 0 Å². The molecule has 5 nitrogen and oxygen atoms in total. The second-order valence-corrected chi connectivity index (χ2v) is 6.57. The number of aliphatic imine (C=N–C) groups is 1. The minimum absolute atomic E-state index is 0.0294. The number of ketones is 1. The number of nitrogens with zero attached hydrogens (tertiary/aromatic N) is 2. The van der Waals surface area contributed by atoms with Gasteiger partial charge < -0.3 is 4.74 Å². The highest BCUT2D eigenvalue weighted by atomic mass is 16.5. The number of hydrogen-bond donors (Lipinski definition) is 0. The summed E-state index contributed by atoms with van der Waals surface area (Å²) in [5.41, 5.74) is -0.463. The molecule has 0 saturated carbocycles. The molecule has 0 amide bonds. The first-order valence-corrected chi connectivity index (χ1v) is 8.74. The van der Waals surface area contributed by atoms with E-state index in [1.807, 2.05) is 30.5 Å². The fraction of sp³-hybridized carbons (Fsp3) is 0.450. The Morgan fingerprint density at radius 1 is 1.20 bits per heavy atom. The average molecular weight is 340 g/mol. The first-order chi connectivity index (χ1) is 12.1. The van der Waals surface area contributed by atoms with E-state index in [0.717, 1.165) is 5.56 Å². The predicted molar refractivity (Wildman–Crippen MR) is 96.3 cm³/mol. The van der Waals surface area contributed by atoms with Gasteiger partial charge in [0.2, 0.25) is 0 Å². The second-order valence-electron chi connectivity index (χ2n) is 6.57. The van der Waals surface area contributed by atoms with Gasteiger partial charge in [0, 0.05) is 25.7 Å². The molecule has 1 saturated heterocycles. The van der Waals surface area contributed by atoms with Gasteiger partial charge in [-0.25, -0.2) is 0 Å². The van der Waals surface area contributed by atoms with Crippen LogP contribution >= 0.6 is 0 Å².